The molecule has 29 heavy (non-hydrogen) atoms. The molecule has 0 spiro atoms. The van der Waals surface area contributed by atoms with Crippen LogP contribution in [0.2, 0.25) is 5.02 Å². The fourth-order valence-corrected chi connectivity index (χ4v) is 3.92. The Morgan fingerprint density at radius 1 is 1.24 bits per heavy atom. The molecular formula is C21H31ClN6O. The predicted octanol–water partition coefficient (Wildman–Crippen LogP) is 3.06. The average Bonchev–Trinajstić information content (AvgIpc) is 2.71. The highest BCUT2D eigenvalue weighted by molar-refractivity contribution is 6.33. The van der Waals surface area contributed by atoms with Crippen molar-refractivity contribution in [3.05, 3.63) is 35.5 Å². The number of nitrogens with two attached hydrogens (primary N) is 2. The lowest BCUT2D eigenvalue weighted by atomic mass is 9.90. The number of anilines is 2. The quantitative estimate of drug-likeness (QED) is 0.463. The largest absolute Gasteiger partial charge is 0.384 e. The Hall–Kier alpha value is -1.93. The summed E-state index contributed by atoms with van der Waals surface area (Å²) in [5.41, 5.74) is 12.9. The van der Waals surface area contributed by atoms with E-state index in [-0.39, 0.29) is 0 Å². The average molecular weight is 419 g/mol. The predicted molar refractivity (Wildman–Crippen MR) is 119 cm³/mol. The fraction of sp³-hybridized carbons (Fsp3) is 0.524. The highest BCUT2D eigenvalue weighted by atomic mass is 35.5. The normalized spacial score (nSPS) is 20.4. The number of hydrogen-bond donors (Lipinski definition) is 4. The van der Waals surface area contributed by atoms with Crippen LogP contribution < -0.4 is 22.1 Å². The summed E-state index contributed by atoms with van der Waals surface area (Å²) in [6, 6.07) is 8.74. The van der Waals surface area contributed by atoms with E-state index >= 15 is 0 Å². The van der Waals surface area contributed by atoms with Crippen molar-refractivity contribution in [3.63, 3.8) is 0 Å². The smallest absolute Gasteiger partial charge is 0.126 e. The number of pyridine rings is 2. The van der Waals surface area contributed by atoms with Crippen LogP contribution in [0.5, 0.6) is 0 Å². The van der Waals surface area contributed by atoms with Crippen LogP contribution in [0.4, 0.5) is 11.6 Å². The first kappa shape index (κ1) is 21.8. The van der Waals surface area contributed by atoms with Gasteiger partial charge in [-0.25, -0.2) is 9.97 Å². The maximum atomic E-state index is 6.34. The van der Waals surface area contributed by atoms with E-state index in [0.29, 0.717) is 48.7 Å². The number of aromatic nitrogens is 2. The second-order valence-corrected chi connectivity index (χ2v) is 8.03. The van der Waals surface area contributed by atoms with Gasteiger partial charge in [0.15, 0.2) is 0 Å². The number of nitrogens with one attached hydrogen (secondary N) is 2. The SMILES string of the molecule is CC(COCCN)NC1CCC(Nc2cc(-c3cccc(N)n3)c(Cl)cn2)CC1. The number of nitrogen functional groups attached to an aromatic ring is 1. The van der Waals surface area contributed by atoms with Gasteiger partial charge in [0.05, 0.1) is 23.9 Å². The highest BCUT2D eigenvalue weighted by Crippen LogP contribution is 2.29. The van der Waals surface area contributed by atoms with Crippen molar-refractivity contribution < 1.29 is 4.74 Å². The first-order chi connectivity index (χ1) is 14.0. The summed E-state index contributed by atoms with van der Waals surface area (Å²) in [5.74, 6) is 1.28. The molecule has 6 N–H and O–H groups in total. The molecule has 1 aliphatic carbocycles. The summed E-state index contributed by atoms with van der Waals surface area (Å²) in [6.07, 6.45) is 6.08. The third-order valence-electron chi connectivity index (χ3n) is 5.13. The lowest BCUT2D eigenvalue weighted by Crippen LogP contribution is -2.43. The molecule has 0 aliphatic heterocycles. The van der Waals surface area contributed by atoms with Crippen molar-refractivity contribution in [3.8, 4) is 11.3 Å². The molecule has 0 aromatic carbocycles. The summed E-state index contributed by atoms with van der Waals surface area (Å²) in [5, 5.41) is 7.77. The molecule has 1 saturated carbocycles. The van der Waals surface area contributed by atoms with E-state index in [1.807, 2.05) is 18.2 Å². The van der Waals surface area contributed by atoms with E-state index in [1.165, 1.54) is 0 Å². The van der Waals surface area contributed by atoms with Crippen LogP contribution in [-0.2, 0) is 4.74 Å². The molecule has 2 heterocycles. The van der Waals surface area contributed by atoms with Gasteiger partial charge in [-0.1, -0.05) is 17.7 Å². The third kappa shape index (κ3) is 6.54. The third-order valence-corrected chi connectivity index (χ3v) is 5.43. The van der Waals surface area contributed by atoms with Crippen LogP contribution in [0.1, 0.15) is 32.6 Å². The molecule has 1 aliphatic rings. The van der Waals surface area contributed by atoms with E-state index in [0.717, 1.165) is 42.8 Å². The van der Waals surface area contributed by atoms with Crippen molar-refractivity contribution >= 4 is 23.2 Å². The van der Waals surface area contributed by atoms with Crippen molar-refractivity contribution in [2.24, 2.45) is 5.73 Å². The lowest BCUT2D eigenvalue weighted by molar-refractivity contribution is 0.115. The van der Waals surface area contributed by atoms with Gasteiger partial charge in [-0.2, -0.15) is 0 Å². The van der Waals surface area contributed by atoms with Crippen LogP contribution in [0, 0.1) is 0 Å². The first-order valence-electron chi connectivity index (χ1n) is 10.2. The second-order valence-electron chi connectivity index (χ2n) is 7.62. The molecule has 0 amide bonds. The summed E-state index contributed by atoms with van der Waals surface area (Å²) < 4.78 is 5.52. The maximum Gasteiger partial charge on any atom is 0.126 e. The van der Waals surface area contributed by atoms with Crippen molar-refractivity contribution in [2.75, 3.05) is 30.8 Å². The van der Waals surface area contributed by atoms with E-state index in [4.69, 9.17) is 27.8 Å². The lowest BCUT2D eigenvalue weighted by Gasteiger charge is -2.32. The molecule has 7 nitrogen and oxygen atoms in total. The zero-order valence-electron chi connectivity index (χ0n) is 16.9. The van der Waals surface area contributed by atoms with Gasteiger partial charge in [0.1, 0.15) is 11.6 Å². The van der Waals surface area contributed by atoms with Gasteiger partial charge < -0.3 is 26.8 Å². The molecule has 1 unspecified atom stereocenters. The molecule has 0 bridgehead atoms. The number of hydrogen-bond acceptors (Lipinski definition) is 7. The molecule has 1 atom stereocenters. The minimum Gasteiger partial charge on any atom is -0.384 e. The minimum atomic E-state index is 0.336. The van der Waals surface area contributed by atoms with Crippen LogP contribution in [0.15, 0.2) is 30.5 Å². The highest BCUT2D eigenvalue weighted by Gasteiger charge is 2.22. The second kappa shape index (κ2) is 10.7. The summed E-state index contributed by atoms with van der Waals surface area (Å²) >= 11 is 6.34. The van der Waals surface area contributed by atoms with Crippen molar-refractivity contribution in [1.82, 2.24) is 15.3 Å². The zero-order chi connectivity index (χ0) is 20.6. The standard InChI is InChI=1S/C21H31ClN6O/c1-14(13-29-10-9-23)26-15-5-7-16(8-6-15)27-21-11-17(18(22)12-25-21)19-3-2-4-20(24)28-19/h2-4,11-12,14-16,26H,5-10,13,23H2,1H3,(H2,24,28)(H,25,27). The summed E-state index contributed by atoms with van der Waals surface area (Å²) in [7, 11) is 0. The minimum absolute atomic E-state index is 0.336. The van der Waals surface area contributed by atoms with Gasteiger partial charge in [0, 0.05) is 36.4 Å². The van der Waals surface area contributed by atoms with Crippen molar-refractivity contribution in [2.45, 2.75) is 50.7 Å². The van der Waals surface area contributed by atoms with Gasteiger partial charge in [0.25, 0.3) is 0 Å². The maximum absolute atomic E-state index is 6.34. The molecule has 1 fully saturated rings. The van der Waals surface area contributed by atoms with E-state index < -0.39 is 0 Å². The molecule has 2 aromatic heterocycles. The topological polar surface area (TPSA) is 111 Å². The summed E-state index contributed by atoms with van der Waals surface area (Å²) in [4.78, 5) is 8.81. The monoisotopic (exact) mass is 418 g/mol. The van der Waals surface area contributed by atoms with E-state index in [9.17, 15) is 0 Å². The Morgan fingerprint density at radius 2 is 2.00 bits per heavy atom. The van der Waals surface area contributed by atoms with Gasteiger partial charge in [-0.05, 0) is 50.8 Å². The number of ether oxygens (including phenoxy) is 1. The van der Waals surface area contributed by atoms with Gasteiger partial charge in [0.2, 0.25) is 0 Å². The van der Waals surface area contributed by atoms with Crippen LogP contribution in [0.3, 0.4) is 0 Å². The molecule has 2 aromatic rings. The number of rotatable bonds is 9. The Labute approximate surface area is 177 Å². The fourth-order valence-electron chi connectivity index (χ4n) is 3.72. The number of halogens is 1. The van der Waals surface area contributed by atoms with E-state index in [2.05, 4.69) is 27.5 Å². The molecule has 3 rings (SSSR count). The Balaban J connectivity index is 1.52. The Morgan fingerprint density at radius 3 is 2.72 bits per heavy atom. The van der Waals surface area contributed by atoms with Gasteiger partial charge in [-0.15, -0.1) is 0 Å². The Kier molecular flexibility index (Phi) is 8.06. The van der Waals surface area contributed by atoms with Gasteiger partial charge in [-0.3, -0.25) is 0 Å². The molecule has 8 heteroatoms. The molecule has 0 radical (unpaired) electrons. The summed E-state index contributed by atoms with van der Waals surface area (Å²) in [6.45, 7) is 4.04. The Bertz CT molecular complexity index is 782. The van der Waals surface area contributed by atoms with Gasteiger partial charge >= 0.3 is 0 Å². The van der Waals surface area contributed by atoms with E-state index in [1.54, 1.807) is 12.3 Å². The van der Waals surface area contributed by atoms with Crippen LogP contribution >= 0.6 is 11.6 Å². The first-order valence-corrected chi connectivity index (χ1v) is 10.6. The number of nitrogens with zero attached hydrogens (tertiary/aromatic N) is 2. The zero-order valence-corrected chi connectivity index (χ0v) is 17.7. The molecule has 0 saturated heterocycles. The van der Waals surface area contributed by atoms with Crippen molar-refractivity contribution in [1.29, 1.82) is 0 Å². The van der Waals surface area contributed by atoms with Crippen LogP contribution in [0.25, 0.3) is 11.3 Å². The molecular weight excluding hydrogens is 388 g/mol. The van der Waals surface area contributed by atoms with Crippen LogP contribution in [-0.4, -0.2) is 47.9 Å². The molecule has 158 valence electrons.